The predicted molar refractivity (Wildman–Crippen MR) is 63.0 cm³/mol. The molecular formula is C12H20S. The molecule has 0 nitrogen and oxygen atoms in total. The Morgan fingerprint density at radius 2 is 1.77 bits per heavy atom. The van der Waals surface area contributed by atoms with Crippen LogP contribution in [0.1, 0.15) is 41.5 Å². The van der Waals surface area contributed by atoms with E-state index in [1.807, 2.05) is 11.8 Å². The summed E-state index contributed by atoms with van der Waals surface area (Å²) in [5.41, 5.74) is 3.03. The Kier molecular flexibility index (Phi) is 2.96. The van der Waals surface area contributed by atoms with Crippen molar-refractivity contribution in [2.24, 2.45) is 5.92 Å². The van der Waals surface area contributed by atoms with Crippen LogP contribution in [0.4, 0.5) is 0 Å². The first-order valence-corrected chi connectivity index (χ1v) is 5.71. The van der Waals surface area contributed by atoms with Crippen molar-refractivity contribution in [2.45, 2.75) is 46.3 Å². The van der Waals surface area contributed by atoms with Gasteiger partial charge in [0.1, 0.15) is 0 Å². The van der Waals surface area contributed by atoms with Crippen LogP contribution in [-0.2, 0) is 0 Å². The van der Waals surface area contributed by atoms with E-state index in [1.54, 1.807) is 0 Å². The number of rotatable bonds is 1. The zero-order valence-corrected chi connectivity index (χ0v) is 10.4. The predicted octanol–water partition coefficient (Wildman–Crippen LogP) is 4.39. The molecule has 0 amide bonds. The molecule has 0 aliphatic heterocycles. The van der Waals surface area contributed by atoms with E-state index in [0.29, 0.717) is 10.7 Å². The second-order valence-electron chi connectivity index (χ2n) is 4.84. The molecule has 0 N–H and O–H groups in total. The highest BCUT2D eigenvalue weighted by Gasteiger charge is 2.21. The summed E-state index contributed by atoms with van der Waals surface area (Å²) in [7, 11) is 0. The summed E-state index contributed by atoms with van der Waals surface area (Å²) < 4.78 is 0.331. The largest absolute Gasteiger partial charge is 0.120 e. The first-order valence-electron chi connectivity index (χ1n) is 4.90. The molecule has 0 aromatic carbocycles. The van der Waals surface area contributed by atoms with Crippen LogP contribution in [0, 0.1) is 5.92 Å². The zero-order chi connectivity index (χ0) is 10.2. The molecule has 0 saturated heterocycles. The Morgan fingerprint density at radius 3 is 2.08 bits per heavy atom. The normalized spacial score (nSPS) is 23.8. The maximum atomic E-state index is 2.39. The summed E-state index contributed by atoms with van der Waals surface area (Å²) in [4.78, 5) is 1.48. The molecule has 0 fully saturated rings. The molecule has 1 heteroatoms. The fraction of sp³-hybridized carbons (Fsp3) is 0.667. The monoisotopic (exact) mass is 196 g/mol. The fourth-order valence-corrected chi connectivity index (χ4v) is 2.70. The third kappa shape index (κ3) is 2.63. The van der Waals surface area contributed by atoms with Gasteiger partial charge in [0.05, 0.1) is 0 Å². The van der Waals surface area contributed by atoms with Crippen molar-refractivity contribution < 1.29 is 0 Å². The molecule has 0 heterocycles. The van der Waals surface area contributed by atoms with Crippen LogP contribution in [0.5, 0.6) is 0 Å². The fourth-order valence-electron chi connectivity index (χ4n) is 1.45. The van der Waals surface area contributed by atoms with Gasteiger partial charge in [-0.3, -0.25) is 0 Å². The van der Waals surface area contributed by atoms with E-state index in [4.69, 9.17) is 0 Å². The molecule has 1 rings (SSSR count). The minimum absolute atomic E-state index is 0.331. The highest BCUT2D eigenvalue weighted by Crippen LogP contribution is 2.42. The third-order valence-electron chi connectivity index (χ3n) is 2.46. The smallest absolute Gasteiger partial charge is 0.0122 e. The molecule has 0 bridgehead atoms. The first-order chi connectivity index (χ1) is 5.81. The molecule has 0 spiro atoms. The van der Waals surface area contributed by atoms with E-state index in [1.165, 1.54) is 16.1 Å². The molecule has 0 saturated carbocycles. The van der Waals surface area contributed by atoms with Gasteiger partial charge in [-0.25, -0.2) is 0 Å². The minimum atomic E-state index is 0.331. The van der Waals surface area contributed by atoms with E-state index < -0.39 is 0 Å². The molecule has 13 heavy (non-hydrogen) atoms. The average molecular weight is 196 g/mol. The van der Waals surface area contributed by atoms with Gasteiger partial charge < -0.3 is 0 Å². The highest BCUT2D eigenvalue weighted by atomic mass is 32.2. The van der Waals surface area contributed by atoms with E-state index in [0.717, 1.165) is 0 Å². The summed E-state index contributed by atoms with van der Waals surface area (Å²) in [6.07, 6.45) is 2.39. The Bertz CT molecular complexity index is 263. The lowest BCUT2D eigenvalue weighted by molar-refractivity contribution is 0.806. The second-order valence-corrected chi connectivity index (χ2v) is 6.71. The van der Waals surface area contributed by atoms with E-state index in [9.17, 15) is 0 Å². The quantitative estimate of drug-likeness (QED) is 0.599. The lowest BCUT2D eigenvalue weighted by Gasteiger charge is -2.19. The first kappa shape index (κ1) is 10.9. The van der Waals surface area contributed by atoms with Crippen LogP contribution in [0.15, 0.2) is 22.1 Å². The summed E-state index contributed by atoms with van der Waals surface area (Å²) >= 11 is 1.98. The average Bonchev–Trinajstić information content (AvgIpc) is 2.15. The molecule has 1 aliphatic carbocycles. The van der Waals surface area contributed by atoms with Crippen LogP contribution in [0.3, 0.4) is 0 Å². The van der Waals surface area contributed by atoms with Crippen molar-refractivity contribution in [2.75, 3.05) is 0 Å². The number of hydrogen-bond donors (Lipinski definition) is 0. The van der Waals surface area contributed by atoms with Gasteiger partial charge in [-0.15, -0.1) is 11.8 Å². The van der Waals surface area contributed by atoms with Gasteiger partial charge in [-0.05, 0) is 25.3 Å². The van der Waals surface area contributed by atoms with Gasteiger partial charge >= 0.3 is 0 Å². The molecule has 0 aromatic heterocycles. The van der Waals surface area contributed by atoms with Gasteiger partial charge in [0, 0.05) is 9.65 Å². The van der Waals surface area contributed by atoms with Crippen molar-refractivity contribution in [1.29, 1.82) is 0 Å². The van der Waals surface area contributed by atoms with Crippen LogP contribution >= 0.6 is 11.8 Å². The highest BCUT2D eigenvalue weighted by molar-refractivity contribution is 8.04. The maximum absolute atomic E-state index is 2.39. The Labute approximate surface area is 86.5 Å². The maximum Gasteiger partial charge on any atom is 0.0122 e. The van der Waals surface area contributed by atoms with Gasteiger partial charge in [0.2, 0.25) is 0 Å². The summed E-state index contributed by atoms with van der Waals surface area (Å²) in [6.45, 7) is 13.6. The molecule has 74 valence electrons. The zero-order valence-electron chi connectivity index (χ0n) is 9.56. The van der Waals surface area contributed by atoms with Crippen molar-refractivity contribution in [3.8, 4) is 0 Å². The van der Waals surface area contributed by atoms with Crippen molar-refractivity contribution in [1.82, 2.24) is 0 Å². The second kappa shape index (κ2) is 3.53. The van der Waals surface area contributed by atoms with Gasteiger partial charge in [-0.2, -0.15) is 0 Å². The lowest BCUT2D eigenvalue weighted by atomic mass is 10.1. The van der Waals surface area contributed by atoms with Crippen molar-refractivity contribution in [3.05, 3.63) is 22.1 Å². The van der Waals surface area contributed by atoms with Crippen LogP contribution in [-0.4, -0.2) is 4.75 Å². The molecule has 1 atom stereocenters. The Hall–Kier alpha value is -0.170. The SMILES string of the molecule is CC1=C(C)C(C)C=C1SC(C)(C)C. The van der Waals surface area contributed by atoms with Crippen molar-refractivity contribution >= 4 is 11.8 Å². The minimum Gasteiger partial charge on any atom is -0.120 e. The van der Waals surface area contributed by atoms with E-state index in [2.05, 4.69) is 47.6 Å². The van der Waals surface area contributed by atoms with Crippen LogP contribution < -0.4 is 0 Å². The number of thioether (sulfide) groups is 1. The summed E-state index contributed by atoms with van der Waals surface area (Å²) in [5, 5.41) is 0. The molecule has 0 aromatic rings. The standard InChI is InChI=1S/C12H20S/c1-8-7-11(10(3)9(8)2)13-12(4,5)6/h7-8H,1-6H3. The van der Waals surface area contributed by atoms with E-state index in [-0.39, 0.29) is 0 Å². The summed E-state index contributed by atoms with van der Waals surface area (Å²) in [5.74, 6) is 0.643. The third-order valence-corrected chi connectivity index (χ3v) is 3.74. The van der Waals surface area contributed by atoms with Crippen molar-refractivity contribution in [3.63, 3.8) is 0 Å². The molecule has 1 unspecified atom stereocenters. The molecule has 1 aliphatic rings. The van der Waals surface area contributed by atoms with Gasteiger partial charge in [-0.1, -0.05) is 39.3 Å². The Morgan fingerprint density at radius 1 is 1.23 bits per heavy atom. The molecular weight excluding hydrogens is 176 g/mol. The number of hydrogen-bond acceptors (Lipinski definition) is 1. The summed E-state index contributed by atoms with van der Waals surface area (Å²) in [6, 6.07) is 0. The van der Waals surface area contributed by atoms with Crippen LogP contribution in [0.2, 0.25) is 0 Å². The van der Waals surface area contributed by atoms with E-state index >= 15 is 0 Å². The Balaban J connectivity index is 2.80. The van der Waals surface area contributed by atoms with Gasteiger partial charge in [0.25, 0.3) is 0 Å². The number of allylic oxidation sites excluding steroid dienone is 3. The molecule has 0 radical (unpaired) electrons. The van der Waals surface area contributed by atoms with Gasteiger partial charge in [0.15, 0.2) is 0 Å². The lowest BCUT2D eigenvalue weighted by Crippen LogP contribution is -2.07. The van der Waals surface area contributed by atoms with Crippen LogP contribution in [0.25, 0.3) is 0 Å². The topological polar surface area (TPSA) is 0 Å².